The predicted octanol–water partition coefficient (Wildman–Crippen LogP) is -0.142. The Kier molecular flexibility index (Phi) is 5.02. The highest BCUT2D eigenvalue weighted by Crippen LogP contribution is 2.37. The minimum atomic E-state index is -1.05. The van der Waals surface area contributed by atoms with Gasteiger partial charge in [0.05, 0.1) is 37.3 Å². The number of aliphatic hydroxyl groups excluding tert-OH is 2. The van der Waals surface area contributed by atoms with Crippen molar-refractivity contribution in [3.05, 3.63) is 30.1 Å². The minimum absolute atomic E-state index is 0.0853. The van der Waals surface area contributed by atoms with Crippen LogP contribution in [0.4, 0.5) is 10.1 Å². The lowest BCUT2D eigenvalue weighted by Crippen LogP contribution is -2.61. The van der Waals surface area contributed by atoms with E-state index in [0.717, 1.165) is 0 Å². The van der Waals surface area contributed by atoms with Gasteiger partial charge in [-0.2, -0.15) is 0 Å². The Balaban J connectivity index is 1.68. The Bertz CT molecular complexity index is 728. The zero-order valence-corrected chi connectivity index (χ0v) is 15.4. The van der Waals surface area contributed by atoms with E-state index >= 15 is 0 Å². The summed E-state index contributed by atoms with van der Waals surface area (Å²) in [7, 11) is 0. The molecule has 3 N–H and O–H groups in total. The fourth-order valence-corrected chi connectivity index (χ4v) is 4.61. The molecule has 1 aliphatic carbocycles. The SMILES string of the molecule is O=C([C@@H]1C[C@@H](O)[C@H](O)[C@@H]2NC(=S)N(c3ccc(F)cc3)[C@H]21)N1CCOCC1. The number of nitrogens with one attached hydrogen (secondary N) is 1. The second-order valence-electron chi connectivity index (χ2n) is 7.15. The van der Waals surface area contributed by atoms with Crippen molar-refractivity contribution in [2.75, 3.05) is 31.2 Å². The van der Waals surface area contributed by atoms with Crippen molar-refractivity contribution in [2.24, 2.45) is 5.92 Å². The predicted molar refractivity (Wildman–Crippen MR) is 99.7 cm³/mol. The molecule has 146 valence electrons. The van der Waals surface area contributed by atoms with Crippen LogP contribution in [0, 0.1) is 11.7 Å². The molecule has 2 saturated heterocycles. The minimum Gasteiger partial charge on any atom is -0.390 e. The molecule has 27 heavy (non-hydrogen) atoms. The molecule has 7 nitrogen and oxygen atoms in total. The van der Waals surface area contributed by atoms with E-state index in [-0.39, 0.29) is 18.1 Å². The molecule has 0 radical (unpaired) electrons. The molecule has 2 heterocycles. The van der Waals surface area contributed by atoms with E-state index in [0.29, 0.717) is 37.1 Å². The van der Waals surface area contributed by atoms with Gasteiger partial charge in [0.2, 0.25) is 5.91 Å². The van der Waals surface area contributed by atoms with E-state index in [2.05, 4.69) is 5.32 Å². The summed E-state index contributed by atoms with van der Waals surface area (Å²) in [5, 5.41) is 24.2. The number of thiocarbonyl (C=S) groups is 1. The smallest absolute Gasteiger partial charge is 0.228 e. The van der Waals surface area contributed by atoms with Gasteiger partial charge >= 0.3 is 0 Å². The number of fused-ring (bicyclic) bond motifs is 1. The molecule has 5 atom stereocenters. The first-order chi connectivity index (χ1) is 13.0. The summed E-state index contributed by atoms with van der Waals surface area (Å²) in [6.07, 6.45) is -1.93. The number of hydrogen-bond acceptors (Lipinski definition) is 5. The standard InChI is InChI=1S/C18H22FN3O4S/c19-10-1-3-11(4-2-10)22-15-12(17(25)21-5-7-26-8-6-21)9-13(23)16(24)14(15)20-18(22)27/h1-4,12-16,23-24H,5-9H2,(H,20,27)/t12-,13-,14-,15+,16+/m1/s1. The van der Waals surface area contributed by atoms with Gasteiger partial charge in [0, 0.05) is 18.8 Å². The molecule has 0 spiro atoms. The van der Waals surface area contributed by atoms with E-state index in [9.17, 15) is 19.4 Å². The van der Waals surface area contributed by atoms with Crippen LogP contribution in [0.15, 0.2) is 24.3 Å². The fourth-order valence-electron chi connectivity index (χ4n) is 4.25. The van der Waals surface area contributed by atoms with Crippen molar-refractivity contribution in [3.8, 4) is 0 Å². The highest BCUT2D eigenvalue weighted by atomic mass is 32.1. The number of carbonyl (C=O) groups is 1. The average molecular weight is 395 g/mol. The van der Waals surface area contributed by atoms with Crippen LogP contribution in [-0.4, -0.2) is 76.7 Å². The van der Waals surface area contributed by atoms with Crippen LogP contribution < -0.4 is 10.2 Å². The van der Waals surface area contributed by atoms with Crippen LogP contribution in [0.1, 0.15) is 6.42 Å². The molecule has 1 saturated carbocycles. The maximum absolute atomic E-state index is 13.4. The molecule has 0 unspecified atom stereocenters. The maximum atomic E-state index is 13.4. The number of hydrogen-bond donors (Lipinski definition) is 3. The Labute approximate surface area is 161 Å². The molecular formula is C18H22FN3O4S. The molecule has 1 aromatic rings. The normalized spacial score (nSPS) is 33.6. The van der Waals surface area contributed by atoms with Gasteiger partial charge in [-0.15, -0.1) is 0 Å². The van der Waals surface area contributed by atoms with Crippen LogP contribution >= 0.6 is 12.2 Å². The number of rotatable bonds is 2. The fraction of sp³-hybridized carbons (Fsp3) is 0.556. The number of amides is 1. The van der Waals surface area contributed by atoms with Crippen LogP contribution in [0.3, 0.4) is 0 Å². The molecular weight excluding hydrogens is 373 g/mol. The van der Waals surface area contributed by atoms with Gasteiger partial charge in [-0.25, -0.2) is 4.39 Å². The Morgan fingerprint density at radius 2 is 1.89 bits per heavy atom. The summed E-state index contributed by atoms with van der Waals surface area (Å²) in [4.78, 5) is 16.7. The number of ether oxygens (including phenoxy) is 1. The van der Waals surface area contributed by atoms with Crippen LogP contribution in [-0.2, 0) is 9.53 Å². The topological polar surface area (TPSA) is 85.3 Å². The summed E-state index contributed by atoms with van der Waals surface area (Å²) < 4.78 is 18.7. The van der Waals surface area contributed by atoms with Gasteiger partial charge in [0.25, 0.3) is 0 Å². The molecule has 9 heteroatoms. The number of halogens is 1. The second kappa shape index (κ2) is 7.31. The molecule has 0 bridgehead atoms. The van der Waals surface area contributed by atoms with Crippen molar-refractivity contribution in [2.45, 2.75) is 30.7 Å². The second-order valence-corrected chi connectivity index (χ2v) is 7.54. The third-order valence-corrected chi connectivity index (χ3v) is 5.90. The van der Waals surface area contributed by atoms with Crippen molar-refractivity contribution < 1.29 is 24.1 Å². The van der Waals surface area contributed by atoms with Crippen LogP contribution in [0.25, 0.3) is 0 Å². The molecule has 3 fully saturated rings. The van der Waals surface area contributed by atoms with Crippen molar-refractivity contribution in [1.82, 2.24) is 10.2 Å². The zero-order chi connectivity index (χ0) is 19.1. The van der Waals surface area contributed by atoms with E-state index in [1.165, 1.54) is 12.1 Å². The first kappa shape index (κ1) is 18.5. The lowest BCUT2D eigenvalue weighted by molar-refractivity contribution is -0.145. The number of anilines is 1. The molecule has 4 rings (SSSR count). The Hall–Kier alpha value is -1.81. The monoisotopic (exact) mass is 395 g/mol. The maximum Gasteiger partial charge on any atom is 0.228 e. The third-order valence-electron chi connectivity index (χ3n) is 5.59. The van der Waals surface area contributed by atoms with E-state index in [4.69, 9.17) is 17.0 Å². The zero-order valence-electron chi connectivity index (χ0n) is 14.6. The summed E-state index contributed by atoms with van der Waals surface area (Å²) in [6.45, 7) is 1.96. The van der Waals surface area contributed by atoms with Crippen molar-refractivity contribution in [1.29, 1.82) is 0 Å². The van der Waals surface area contributed by atoms with Gasteiger partial charge < -0.3 is 30.1 Å². The largest absolute Gasteiger partial charge is 0.390 e. The molecule has 1 amide bonds. The highest BCUT2D eigenvalue weighted by Gasteiger charge is 2.54. The van der Waals surface area contributed by atoms with Gasteiger partial charge in [0.15, 0.2) is 5.11 Å². The summed E-state index contributed by atoms with van der Waals surface area (Å²) in [5.41, 5.74) is 0.643. The lowest BCUT2D eigenvalue weighted by atomic mass is 9.77. The number of nitrogens with zero attached hydrogens (tertiary/aromatic N) is 2. The van der Waals surface area contributed by atoms with Gasteiger partial charge in [-0.1, -0.05) is 0 Å². The number of aliphatic hydroxyl groups is 2. The van der Waals surface area contributed by atoms with Gasteiger partial charge in [-0.05, 0) is 42.9 Å². The number of morpholine rings is 1. The molecule has 3 aliphatic rings. The van der Waals surface area contributed by atoms with E-state index in [1.807, 2.05) is 0 Å². The Morgan fingerprint density at radius 3 is 2.56 bits per heavy atom. The molecule has 0 aromatic heterocycles. The summed E-state index contributed by atoms with van der Waals surface area (Å²) >= 11 is 5.44. The number of benzene rings is 1. The third kappa shape index (κ3) is 3.29. The summed E-state index contributed by atoms with van der Waals surface area (Å²) in [5.74, 6) is -1.00. The van der Waals surface area contributed by atoms with Gasteiger partial charge in [-0.3, -0.25) is 4.79 Å². The first-order valence-electron chi connectivity index (χ1n) is 9.05. The van der Waals surface area contributed by atoms with Crippen molar-refractivity contribution in [3.63, 3.8) is 0 Å². The van der Waals surface area contributed by atoms with Crippen LogP contribution in [0.2, 0.25) is 0 Å². The lowest BCUT2D eigenvalue weighted by Gasteiger charge is -2.43. The highest BCUT2D eigenvalue weighted by molar-refractivity contribution is 7.80. The first-order valence-corrected chi connectivity index (χ1v) is 9.46. The molecule has 1 aromatic carbocycles. The van der Waals surface area contributed by atoms with Gasteiger partial charge in [0.1, 0.15) is 11.9 Å². The summed E-state index contributed by atoms with van der Waals surface area (Å²) in [6, 6.07) is 4.81. The molecule has 2 aliphatic heterocycles. The van der Waals surface area contributed by atoms with E-state index in [1.54, 1.807) is 21.9 Å². The van der Waals surface area contributed by atoms with Crippen molar-refractivity contribution >= 4 is 28.9 Å². The Morgan fingerprint density at radius 1 is 1.22 bits per heavy atom. The van der Waals surface area contributed by atoms with E-state index < -0.39 is 30.2 Å². The van der Waals surface area contributed by atoms with Crippen LogP contribution in [0.5, 0.6) is 0 Å². The quantitative estimate of drug-likeness (QED) is 0.601. The average Bonchev–Trinajstić information content (AvgIpc) is 3.03. The number of carbonyl (C=O) groups excluding carboxylic acids is 1.